The van der Waals surface area contributed by atoms with Crippen LogP contribution in [0.15, 0.2) is 73.1 Å². The lowest BCUT2D eigenvalue weighted by molar-refractivity contribution is -0.121. The Morgan fingerprint density at radius 1 is 1.00 bits per heavy atom. The Morgan fingerprint density at radius 3 is 2.58 bits per heavy atom. The van der Waals surface area contributed by atoms with Crippen molar-refractivity contribution < 1.29 is 23.5 Å². The number of nitrogens with one attached hydrogen (secondary N) is 5. The summed E-state index contributed by atoms with van der Waals surface area (Å²) in [6, 6.07) is 15.6. The number of H-pyrrole nitrogens is 1. The maximum atomic E-state index is 13.9. The molecule has 2 heterocycles. The Kier molecular flexibility index (Phi) is 9.05. The fourth-order valence-corrected chi connectivity index (χ4v) is 3.68. The van der Waals surface area contributed by atoms with E-state index in [1.807, 2.05) is 5.43 Å². The summed E-state index contributed by atoms with van der Waals surface area (Å²) in [6.07, 6.45) is 3.83. The number of carbonyl (C=O) groups excluding carboxylic acids is 3. The van der Waals surface area contributed by atoms with Crippen LogP contribution in [0.4, 0.5) is 20.6 Å². The van der Waals surface area contributed by atoms with Crippen LogP contribution in [0.1, 0.15) is 28.8 Å². The van der Waals surface area contributed by atoms with Crippen molar-refractivity contribution in [1.82, 2.24) is 20.7 Å². The molecule has 0 saturated heterocycles. The molecule has 4 rings (SSSR count). The third kappa shape index (κ3) is 7.65. The van der Waals surface area contributed by atoms with E-state index >= 15 is 0 Å². The second-order valence-electron chi connectivity index (χ2n) is 8.79. The number of hydrazine groups is 1. The molecule has 0 aliphatic carbocycles. The summed E-state index contributed by atoms with van der Waals surface area (Å²) in [7, 11) is 0. The zero-order valence-electron chi connectivity index (χ0n) is 21.6. The van der Waals surface area contributed by atoms with Crippen LogP contribution >= 0.6 is 0 Å². The van der Waals surface area contributed by atoms with Crippen molar-refractivity contribution in [3.05, 3.63) is 90.0 Å². The number of nitrogens with zero attached hydrogens (tertiary/aromatic N) is 1. The number of rotatable bonds is 10. The van der Waals surface area contributed by atoms with Gasteiger partial charge in [0, 0.05) is 37.1 Å². The number of urea groups is 1. The zero-order valence-corrected chi connectivity index (χ0v) is 21.6. The van der Waals surface area contributed by atoms with E-state index in [4.69, 9.17) is 10.6 Å². The number of hydrogen-bond acceptors (Lipinski definition) is 6. The molecule has 0 aliphatic rings. The Hall–Kier alpha value is -5.23. The highest BCUT2D eigenvalue weighted by atomic mass is 19.1. The van der Waals surface area contributed by atoms with Gasteiger partial charge in [0.2, 0.25) is 5.91 Å². The van der Waals surface area contributed by atoms with Crippen molar-refractivity contribution in [1.29, 1.82) is 0 Å². The first-order valence-electron chi connectivity index (χ1n) is 12.4. The SMILES string of the molecule is Cc1ccc(F)c(NC(=O)Nc2ccc(Oc3ccnc(-c4cc(C(=O)NCCCC(=O)NN)c[nH]4)c3)cc2)c1. The molecule has 4 amide bonds. The first kappa shape index (κ1) is 27.8. The molecule has 206 valence electrons. The van der Waals surface area contributed by atoms with E-state index in [2.05, 4.69) is 25.9 Å². The molecule has 0 fully saturated rings. The van der Waals surface area contributed by atoms with Gasteiger partial charge in [-0.2, -0.15) is 0 Å². The van der Waals surface area contributed by atoms with E-state index in [0.29, 0.717) is 47.1 Å². The van der Waals surface area contributed by atoms with Crippen molar-refractivity contribution in [3.63, 3.8) is 0 Å². The standard InChI is InChI=1S/C28H28FN7O4/c1-17-4-9-22(29)23(13-17)35-28(39)34-19-5-7-20(8-6-19)40-21-10-12-31-25(15-21)24-14-18(16-33-24)27(38)32-11-2-3-26(37)36-30/h4-10,12-16,33H,2-3,11,30H2,1H3,(H,32,38)(H,36,37)(H2,34,35,39). The quantitative estimate of drug-likeness (QED) is 0.0746. The first-order chi connectivity index (χ1) is 19.3. The third-order valence-corrected chi connectivity index (χ3v) is 5.70. The Balaban J connectivity index is 1.32. The second-order valence-corrected chi connectivity index (χ2v) is 8.79. The van der Waals surface area contributed by atoms with Gasteiger partial charge in [-0.1, -0.05) is 6.07 Å². The Bertz CT molecular complexity index is 1500. The molecule has 40 heavy (non-hydrogen) atoms. The number of hydrogen-bond donors (Lipinski definition) is 6. The largest absolute Gasteiger partial charge is 0.457 e. The van der Waals surface area contributed by atoms with Gasteiger partial charge in [0.25, 0.3) is 5.91 Å². The highest BCUT2D eigenvalue weighted by Gasteiger charge is 2.12. The predicted molar refractivity (Wildman–Crippen MR) is 148 cm³/mol. The topological polar surface area (TPSA) is 163 Å². The Morgan fingerprint density at radius 2 is 1.80 bits per heavy atom. The molecule has 7 N–H and O–H groups in total. The minimum atomic E-state index is -0.574. The normalized spacial score (nSPS) is 10.5. The molecule has 12 heteroatoms. The van der Waals surface area contributed by atoms with Gasteiger partial charge in [0.05, 0.1) is 22.6 Å². The lowest BCUT2D eigenvalue weighted by Gasteiger charge is -2.10. The number of aromatic amines is 1. The van der Waals surface area contributed by atoms with E-state index in [1.165, 1.54) is 6.07 Å². The van der Waals surface area contributed by atoms with Gasteiger partial charge < -0.3 is 25.7 Å². The van der Waals surface area contributed by atoms with Crippen molar-refractivity contribution in [2.45, 2.75) is 19.8 Å². The number of nitrogens with two attached hydrogens (primary N) is 1. The number of anilines is 2. The van der Waals surface area contributed by atoms with E-state index in [-0.39, 0.29) is 23.9 Å². The van der Waals surface area contributed by atoms with Gasteiger partial charge in [0.1, 0.15) is 17.3 Å². The van der Waals surface area contributed by atoms with E-state index in [0.717, 1.165) is 5.56 Å². The molecule has 0 radical (unpaired) electrons. The van der Waals surface area contributed by atoms with Crippen molar-refractivity contribution in [2.75, 3.05) is 17.2 Å². The molecule has 2 aromatic heterocycles. The fraction of sp³-hybridized carbons (Fsp3) is 0.143. The molecule has 0 aliphatic heterocycles. The molecule has 0 unspecified atom stereocenters. The highest BCUT2D eigenvalue weighted by Crippen LogP contribution is 2.27. The van der Waals surface area contributed by atoms with Crippen molar-refractivity contribution >= 4 is 29.2 Å². The molecule has 0 atom stereocenters. The number of carbonyl (C=O) groups is 3. The van der Waals surface area contributed by atoms with Crippen LogP contribution in [0, 0.1) is 12.7 Å². The summed E-state index contributed by atoms with van der Waals surface area (Å²) in [4.78, 5) is 43.2. The third-order valence-electron chi connectivity index (χ3n) is 5.70. The van der Waals surface area contributed by atoms with Crippen LogP contribution in [0.2, 0.25) is 0 Å². The van der Waals surface area contributed by atoms with E-state index in [9.17, 15) is 18.8 Å². The number of halogens is 1. The number of pyridine rings is 1. The summed E-state index contributed by atoms with van der Waals surface area (Å²) in [6.45, 7) is 2.14. The summed E-state index contributed by atoms with van der Waals surface area (Å²) < 4.78 is 19.8. The summed E-state index contributed by atoms with van der Waals surface area (Å²) in [5.74, 6) is 4.97. The van der Waals surface area contributed by atoms with E-state index in [1.54, 1.807) is 73.9 Å². The van der Waals surface area contributed by atoms with Gasteiger partial charge in [-0.3, -0.25) is 20.0 Å². The fourth-order valence-electron chi connectivity index (χ4n) is 3.68. The number of aromatic nitrogens is 2. The minimum Gasteiger partial charge on any atom is -0.457 e. The van der Waals surface area contributed by atoms with E-state index < -0.39 is 11.8 Å². The monoisotopic (exact) mass is 545 g/mol. The van der Waals surface area contributed by atoms with Crippen molar-refractivity contribution in [2.24, 2.45) is 5.84 Å². The number of ether oxygens (including phenoxy) is 1. The van der Waals surface area contributed by atoms with Crippen LogP contribution in [-0.2, 0) is 4.79 Å². The van der Waals surface area contributed by atoms with Gasteiger partial charge >= 0.3 is 6.03 Å². The van der Waals surface area contributed by atoms with Gasteiger partial charge in [-0.05, 0) is 67.4 Å². The number of aryl methyl sites for hydroxylation is 1. The maximum absolute atomic E-state index is 13.9. The molecule has 2 aromatic carbocycles. The van der Waals surface area contributed by atoms with Gasteiger partial charge in [-0.15, -0.1) is 0 Å². The summed E-state index contributed by atoms with van der Waals surface area (Å²) in [5.41, 5.74) is 5.05. The average Bonchev–Trinajstić information content (AvgIpc) is 3.45. The number of benzene rings is 2. The molecule has 0 saturated carbocycles. The predicted octanol–water partition coefficient (Wildman–Crippen LogP) is 4.46. The molecule has 0 spiro atoms. The smallest absolute Gasteiger partial charge is 0.323 e. The average molecular weight is 546 g/mol. The van der Waals surface area contributed by atoms with Gasteiger partial charge in [-0.25, -0.2) is 15.0 Å². The van der Waals surface area contributed by atoms with Crippen LogP contribution in [0.25, 0.3) is 11.4 Å². The molecular formula is C28H28FN7O4. The van der Waals surface area contributed by atoms with Crippen molar-refractivity contribution in [3.8, 4) is 22.9 Å². The molecular weight excluding hydrogens is 517 g/mol. The number of amides is 4. The zero-order chi connectivity index (χ0) is 28.5. The minimum absolute atomic E-state index is 0.0922. The van der Waals surface area contributed by atoms with Crippen LogP contribution in [-0.4, -0.2) is 34.4 Å². The Labute approximate surface area is 229 Å². The first-order valence-corrected chi connectivity index (χ1v) is 12.4. The molecule has 11 nitrogen and oxygen atoms in total. The molecule has 4 aromatic rings. The summed E-state index contributed by atoms with van der Waals surface area (Å²) in [5, 5.41) is 7.89. The van der Waals surface area contributed by atoms with Gasteiger partial charge in [0.15, 0.2) is 0 Å². The second kappa shape index (κ2) is 13.0. The highest BCUT2D eigenvalue weighted by molar-refractivity contribution is 6.00. The lowest BCUT2D eigenvalue weighted by Crippen LogP contribution is -2.31. The maximum Gasteiger partial charge on any atom is 0.323 e. The van der Waals surface area contributed by atoms with Crippen LogP contribution in [0.3, 0.4) is 0 Å². The molecule has 0 bridgehead atoms. The van der Waals surface area contributed by atoms with Crippen LogP contribution in [0.5, 0.6) is 11.5 Å². The van der Waals surface area contributed by atoms with Crippen LogP contribution < -0.4 is 32.0 Å². The lowest BCUT2D eigenvalue weighted by atomic mass is 10.2. The summed E-state index contributed by atoms with van der Waals surface area (Å²) >= 11 is 0.